The van der Waals surface area contributed by atoms with E-state index in [0.29, 0.717) is 5.56 Å². The molecule has 0 heterocycles. The standard InChI is InChI=1S/C10H8N2O4/c1-6-3-9(12(14)15)8(10(13)16-2)4-7(6)5-11/h3-4H,1-2H3. The molecule has 0 atom stereocenters. The Morgan fingerprint density at radius 3 is 2.62 bits per heavy atom. The lowest BCUT2D eigenvalue weighted by Crippen LogP contribution is -2.07. The Hall–Kier alpha value is -2.42. The Morgan fingerprint density at radius 2 is 2.19 bits per heavy atom. The molecule has 6 nitrogen and oxygen atoms in total. The molecule has 1 aromatic rings. The van der Waals surface area contributed by atoms with Crippen LogP contribution in [0.15, 0.2) is 12.1 Å². The molecule has 82 valence electrons. The maximum Gasteiger partial charge on any atom is 0.344 e. The average Bonchev–Trinajstić information content (AvgIpc) is 2.27. The molecule has 0 unspecified atom stereocenters. The van der Waals surface area contributed by atoms with Gasteiger partial charge in [-0.1, -0.05) is 0 Å². The number of esters is 1. The van der Waals surface area contributed by atoms with Crippen LogP contribution >= 0.6 is 0 Å². The summed E-state index contributed by atoms with van der Waals surface area (Å²) in [5, 5.41) is 19.5. The van der Waals surface area contributed by atoms with E-state index >= 15 is 0 Å². The van der Waals surface area contributed by atoms with Gasteiger partial charge in [0.15, 0.2) is 0 Å². The van der Waals surface area contributed by atoms with Crippen molar-refractivity contribution < 1.29 is 14.5 Å². The number of aryl methyl sites for hydroxylation is 1. The van der Waals surface area contributed by atoms with Gasteiger partial charge in [0.05, 0.1) is 23.7 Å². The van der Waals surface area contributed by atoms with Crippen molar-refractivity contribution >= 4 is 11.7 Å². The van der Waals surface area contributed by atoms with Crippen LogP contribution in [0.1, 0.15) is 21.5 Å². The lowest BCUT2D eigenvalue weighted by atomic mass is 10.0. The third kappa shape index (κ3) is 1.98. The number of nitrogens with zero attached hydrogens (tertiary/aromatic N) is 2. The number of benzene rings is 1. The number of nitriles is 1. The van der Waals surface area contributed by atoms with E-state index in [0.717, 1.165) is 7.11 Å². The Bertz CT molecular complexity index is 502. The van der Waals surface area contributed by atoms with Crippen LogP contribution < -0.4 is 0 Å². The normalized spacial score (nSPS) is 9.31. The van der Waals surface area contributed by atoms with Gasteiger partial charge in [0.2, 0.25) is 0 Å². The summed E-state index contributed by atoms with van der Waals surface area (Å²) in [5.41, 5.74) is 0.0888. The molecule has 0 saturated heterocycles. The highest BCUT2D eigenvalue weighted by molar-refractivity contribution is 5.94. The highest BCUT2D eigenvalue weighted by Gasteiger charge is 2.22. The number of nitro groups is 1. The highest BCUT2D eigenvalue weighted by Crippen LogP contribution is 2.23. The van der Waals surface area contributed by atoms with E-state index in [1.165, 1.54) is 12.1 Å². The van der Waals surface area contributed by atoms with E-state index in [-0.39, 0.29) is 16.8 Å². The smallest absolute Gasteiger partial charge is 0.344 e. The Kier molecular flexibility index (Phi) is 3.20. The van der Waals surface area contributed by atoms with Gasteiger partial charge in [0.1, 0.15) is 5.56 Å². The zero-order valence-corrected chi connectivity index (χ0v) is 8.68. The van der Waals surface area contributed by atoms with Gasteiger partial charge < -0.3 is 4.74 Å². The van der Waals surface area contributed by atoms with Crippen LogP contribution in [-0.2, 0) is 4.74 Å². The first kappa shape index (κ1) is 11.7. The van der Waals surface area contributed by atoms with Crippen molar-refractivity contribution in [3.8, 4) is 6.07 Å². The van der Waals surface area contributed by atoms with Crippen molar-refractivity contribution in [1.29, 1.82) is 5.26 Å². The summed E-state index contributed by atoms with van der Waals surface area (Å²) in [6, 6.07) is 4.20. The molecule has 0 spiro atoms. The molecule has 0 N–H and O–H groups in total. The molecular formula is C10H8N2O4. The van der Waals surface area contributed by atoms with Crippen molar-refractivity contribution in [3.63, 3.8) is 0 Å². The number of carbonyl (C=O) groups excluding carboxylic acids is 1. The lowest BCUT2D eigenvalue weighted by molar-refractivity contribution is -0.385. The van der Waals surface area contributed by atoms with Gasteiger partial charge in [-0.25, -0.2) is 4.79 Å². The molecule has 0 fully saturated rings. The van der Waals surface area contributed by atoms with Crippen LogP contribution in [-0.4, -0.2) is 18.0 Å². The Balaban J connectivity index is 3.50. The molecule has 0 saturated carbocycles. The van der Waals surface area contributed by atoms with Gasteiger partial charge >= 0.3 is 5.97 Å². The van der Waals surface area contributed by atoms with Gasteiger partial charge in [-0.05, 0) is 18.6 Å². The van der Waals surface area contributed by atoms with Crippen LogP contribution in [0.3, 0.4) is 0 Å². The first-order chi connectivity index (χ1) is 7.51. The van der Waals surface area contributed by atoms with Crippen molar-refractivity contribution in [2.24, 2.45) is 0 Å². The maximum atomic E-state index is 11.3. The topological polar surface area (TPSA) is 93.2 Å². The van der Waals surface area contributed by atoms with Crippen molar-refractivity contribution in [2.75, 3.05) is 7.11 Å². The molecule has 0 aliphatic rings. The van der Waals surface area contributed by atoms with E-state index in [1.807, 2.05) is 6.07 Å². The molecule has 16 heavy (non-hydrogen) atoms. The molecule has 0 bridgehead atoms. The molecule has 1 rings (SSSR count). The minimum atomic E-state index is -0.830. The average molecular weight is 220 g/mol. The Labute approximate surface area is 91.2 Å². The summed E-state index contributed by atoms with van der Waals surface area (Å²) in [7, 11) is 1.12. The summed E-state index contributed by atoms with van der Waals surface area (Å²) in [6.45, 7) is 1.56. The Morgan fingerprint density at radius 1 is 1.56 bits per heavy atom. The van der Waals surface area contributed by atoms with Crippen LogP contribution in [0, 0.1) is 28.4 Å². The van der Waals surface area contributed by atoms with Crippen molar-refractivity contribution in [2.45, 2.75) is 6.92 Å². The molecule has 0 radical (unpaired) electrons. The van der Waals surface area contributed by atoms with Gasteiger partial charge in [0, 0.05) is 6.07 Å². The van der Waals surface area contributed by atoms with Crippen molar-refractivity contribution in [3.05, 3.63) is 38.9 Å². The number of carbonyl (C=O) groups is 1. The second-order valence-corrected chi connectivity index (χ2v) is 3.04. The summed E-state index contributed by atoms with van der Waals surface area (Å²) in [5.74, 6) is -0.830. The van der Waals surface area contributed by atoms with Gasteiger partial charge in [-0.2, -0.15) is 5.26 Å². The summed E-state index contributed by atoms with van der Waals surface area (Å²) in [6.07, 6.45) is 0. The predicted molar refractivity (Wildman–Crippen MR) is 53.9 cm³/mol. The fraction of sp³-hybridized carbons (Fsp3) is 0.200. The largest absolute Gasteiger partial charge is 0.465 e. The number of nitro benzene ring substituents is 1. The first-order valence-corrected chi connectivity index (χ1v) is 4.28. The fourth-order valence-electron chi connectivity index (χ4n) is 1.24. The molecule has 0 aliphatic heterocycles. The third-order valence-corrected chi connectivity index (χ3v) is 2.07. The number of ether oxygens (including phenoxy) is 1. The SMILES string of the molecule is COC(=O)c1cc(C#N)c(C)cc1[N+](=O)[O-]. The van der Waals surface area contributed by atoms with E-state index in [2.05, 4.69) is 4.74 Å². The summed E-state index contributed by atoms with van der Waals surface area (Å²) < 4.78 is 4.41. The van der Waals surface area contributed by atoms with Crippen LogP contribution in [0.2, 0.25) is 0 Å². The monoisotopic (exact) mass is 220 g/mol. The number of methoxy groups -OCH3 is 1. The fourth-order valence-corrected chi connectivity index (χ4v) is 1.24. The zero-order chi connectivity index (χ0) is 12.3. The van der Waals surface area contributed by atoms with E-state index in [4.69, 9.17) is 5.26 Å². The second kappa shape index (κ2) is 4.40. The molecule has 0 amide bonds. The van der Waals surface area contributed by atoms with E-state index in [9.17, 15) is 14.9 Å². The number of hydrogen-bond donors (Lipinski definition) is 0. The summed E-state index contributed by atoms with van der Waals surface area (Å²) in [4.78, 5) is 21.3. The molecule has 6 heteroatoms. The quantitative estimate of drug-likeness (QED) is 0.428. The molecule has 0 aromatic heterocycles. The first-order valence-electron chi connectivity index (χ1n) is 4.28. The number of hydrogen-bond acceptors (Lipinski definition) is 5. The van der Waals surface area contributed by atoms with E-state index < -0.39 is 10.9 Å². The molecule has 1 aromatic carbocycles. The molecular weight excluding hydrogens is 212 g/mol. The lowest BCUT2D eigenvalue weighted by Gasteiger charge is -2.03. The molecule has 0 aliphatic carbocycles. The predicted octanol–water partition coefficient (Wildman–Crippen LogP) is 1.56. The van der Waals surface area contributed by atoms with Crippen LogP contribution in [0.25, 0.3) is 0 Å². The minimum absolute atomic E-state index is 0.213. The second-order valence-electron chi connectivity index (χ2n) is 3.04. The maximum absolute atomic E-state index is 11.3. The number of rotatable bonds is 2. The van der Waals surface area contributed by atoms with Crippen molar-refractivity contribution in [1.82, 2.24) is 0 Å². The minimum Gasteiger partial charge on any atom is -0.465 e. The summed E-state index contributed by atoms with van der Waals surface area (Å²) >= 11 is 0. The van der Waals surface area contributed by atoms with Gasteiger partial charge in [-0.3, -0.25) is 10.1 Å². The zero-order valence-electron chi connectivity index (χ0n) is 8.68. The highest BCUT2D eigenvalue weighted by atomic mass is 16.6. The van der Waals surface area contributed by atoms with Crippen LogP contribution in [0.5, 0.6) is 0 Å². The third-order valence-electron chi connectivity index (χ3n) is 2.07. The van der Waals surface area contributed by atoms with E-state index in [1.54, 1.807) is 6.92 Å². The van der Waals surface area contributed by atoms with Gasteiger partial charge in [0.25, 0.3) is 5.69 Å². The van der Waals surface area contributed by atoms with Gasteiger partial charge in [-0.15, -0.1) is 0 Å². The van der Waals surface area contributed by atoms with Crippen LogP contribution in [0.4, 0.5) is 5.69 Å².